The van der Waals surface area contributed by atoms with Crippen molar-refractivity contribution in [3.63, 3.8) is 0 Å². The van der Waals surface area contributed by atoms with E-state index >= 15 is 0 Å². The third-order valence-corrected chi connectivity index (χ3v) is 4.92. The van der Waals surface area contributed by atoms with Gasteiger partial charge in [-0.05, 0) is 43.4 Å². The van der Waals surface area contributed by atoms with Crippen LogP contribution in [0.5, 0.6) is 0 Å². The molecule has 0 aromatic heterocycles. The zero-order valence-electron chi connectivity index (χ0n) is 13.1. The number of benzene rings is 1. The van der Waals surface area contributed by atoms with Crippen LogP contribution in [0.1, 0.15) is 44.6 Å². The van der Waals surface area contributed by atoms with Crippen molar-refractivity contribution in [3.8, 4) is 0 Å². The Balaban J connectivity index is 1.44. The Bertz CT molecular complexity index is 393. The van der Waals surface area contributed by atoms with Crippen molar-refractivity contribution < 1.29 is 9.47 Å². The van der Waals surface area contributed by atoms with Crippen molar-refractivity contribution in [2.24, 2.45) is 5.41 Å². The molecule has 0 saturated carbocycles. The predicted octanol–water partition coefficient (Wildman–Crippen LogP) is 5.00. The number of rotatable bonds is 10. The van der Waals surface area contributed by atoms with E-state index in [2.05, 4.69) is 47.1 Å². The fraction of sp³-hybridized carbons (Fsp3) is 0.667. The topological polar surface area (TPSA) is 18.5 Å². The molecule has 0 bridgehead atoms. The lowest BCUT2D eigenvalue weighted by molar-refractivity contribution is -0.150. The Morgan fingerprint density at radius 2 is 1.81 bits per heavy atom. The molecule has 1 aromatic carbocycles. The largest absolute Gasteiger partial charge is 0.381 e. The summed E-state index contributed by atoms with van der Waals surface area (Å²) >= 11 is 3.47. The molecule has 2 rings (SSSR count). The minimum Gasteiger partial charge on any atom is -0.381 e. The first-order valence-corrected chi connectivity index (χ1v) is 8.93. The highest BCUT2D eigenvalue weighted by Crippen LogP contribution is 2.31. The SMILES string of the molecule is CCC1(COCCCCCCc2ccc(Br)cc2)COC1. The molecule has 1 aliphatic rings. The molecule has 0 atom stereocenters. The van der Waals surface area contributed by atoms with Crippen molar-refractivity contribution in [1.82, 2.24) is 0 Å². The Hall–Kier alpha value is -0.380. The normalized spacial score (nSPS) is 16.7. The molecule has 0 radical (unpaired) electrons. The van der Waals surface area contributed by atoms with Crippen LogP contribution in [-0.2, 0) is 15.9 Å². The van der Waals surface area contributed by atoms with Gasteiger partial charge in [0.25, 0.3) is 0 Å². The standard InChI is InChI=1S/C18H27BrO2/c1-2-18(14-21-15-18)13-20-12-6-4-3-5-7-16-8-10-17(19)11-9-16/h8-11H,2-7,12-15H2,1H3. The molecule has 0 unspecified atom stereocenters. The fourth-order valence-electron chi connectivity index (χ4n) is 2.61. The quantitative estimate of drug-likeness (QED) is 0.550. The molecule has 0 N–H and O–H groups in total. The Labute approximate surface area is 137 Å². The van der Waals surface area contributed by atoms with E-state index in [-0.39, 0.29) is 0 Å². The summed E-state index contributed by atoms with van der Waals surface area (Å²) in [6, 6.07) is 8.66. The first-order valence-electron chi connectivity index (χ1n) is 8.14. The summed E-state index contributed by atoms with van der Waals surface area (Å²) in [5.41, 5.74) is 1.77. The summed E-state index contributed by atoms with van der Waals surface area (Å²) in [6.45, 7) is 5.78. The van der Waals surface area contributed by atoms with E-state index in [1.807, 2.05) is 0 Å². The zero-order chi connectivity index (χ0) is 15.0. The highest BCUT2D eigenvalue weighted by Gasteiger charge is 2.36. The van der Waals surface area contributed by atoms with Gasteiger partial charge in [-0.3, -0.25) is 0 Å². The molecule has 1 heterocycles. The zero-order valence-corrected chi connectivity index (χ0v) is 14.7. The summed E-state index contributed by atoms with van der Waals surface area (Å²) in [4.78, 5) is 0. The van der Waals surface area contributed by atoms with Gasteiger partial charge < -0.3 is 9.47 Å². The van der Waals surface area contributed by atoms with Crippen LogP contribution in [0.2, 0.25) is 0 Å². The maximum atomic E-state index is 5.82. The first-order chi connectivity index (χ1) is 10.2. The third-order valence-electron chi connectivity index (χ3n) is 4.39. The van der Waals surface area contributed by atoms with Crippen LogP contribution in [0.4, 0.5) is 0 Å². The van der Waals surface area contributed by atoms with E-state index in [1.165, 1.54) is 44.1 Å². The van der Waals surface area contributed by atoms with Gasteiger partial charge in [-0.2, -0.15) is 0 Å². The molecule has 0 spiro atoms. The molecule has 2 nitrogen and oxygen atoms in total. The summed E-state index contributed by atoms with van der Waals surface area (Å²) in [5.74, 6) is 0. The van der Waals surface area contributed by atoms with Crippen molar-refractivity contribution in [2.45, 2.75) is 45.4 Å². The third kappa shape index (κ3) is 5.72. The molecule has 1 fully saturated rings. The minimum absolute atomic E-state index is 0.335. The first kappa shape index (κ1) is 17.0. The van der Waals surface area contributed by atoms with Gasteiger partial charge in [0.2, 0.25) is 0 Å². The summed E-state index contributed by atoms with van der Waals surface area (Å²) in [6.07, 6.45) is 7.37. The number of hydrogen-bond donors (Lipinski definition) is 0. The van der Waals surface area contributed by atoms with Crippen LogP contribution in [-0.4, -0.2) is 26.4 Å². The lowest BCUT2D eigenvalue weighted by Gasteiger charge is -2.40. The number of unbranched alkanes of at least 4 members (excludes halogenated alkanes) is 3. The lowest BCUT2D eigenvalue weighted by Crippen LogP contribution is -2.45. The molecule has 0 aliphatic carbocycles. The lowest BCUT2D eigenvalue weighted by atomic mass is 9.84. The van der Waals surface area contributed by atoms with Gasteiger partial charge in [0.1, 0.15) is 0 Å². The number of aryl methyl sites for hydroxylation is 1. The van der Waals surface area contributed by atoms with E-state index in [4.69, 9.17) is 9.47 Å². The minimum atomic E-state index is 0.335. The molecular weight excluding hydrogens is 328 g/mol. The average molecular weight is 355 g/mol. The molecular formula is C18H27BrO2. The van der Waals surface area contributed by atoms with Crippen LogP contribution in [0, 0.1) is 5.41 Å². The van der Waals surface area contributed by atoms with Crippen LogP contribution in [0.25, 0.3) is 0 Å². The van der Waals surface area contributed by atoms with Gasteiger partial charge in [-0.15, -0.1) is 0 Å². The van der Waals surface area contributed by atoms with Crippen LogP contribution in [0.15, 0.2) is 28.7 Å². The van der Waals surface area contributed by atoms with Crippen molar-refractivity contribution >= 4 is 15.9 Å². The second kappa shape index (κ2) is 8.92. The maximum absolute atomic E-state index is 5.82. The maximum Gasteiger partial charge on any atom is 0.0566 e. The molecule has 21 heavy (non-hydrogen) atoms. The monoisotopic (exact) mass is 354 g/mol. The second-order valence-electron chi connectivity index (χ2n) is 6.19. The molecule has 3 heteroatoms. The Kier molecular flexibility index (Phi) is 7.21. The van der Waals surface area contributed by atoms with E-state index < -0.39 is 0 Å². The van der Waals surface area contributed by atoms with Crippen LogP contribution in [0.3, 0.4) is 0 Å². The molecule has 0 amide bonds. The summed E-state index contributed by atoms with van der Waals surface area (Å²) in [7, 11) is 0. The smallest absolute Gasteiger partial charge is 0.0566 e. The Morgan fingerprint density at radius 1 is 1.10 bits per heavy atom. The van der Waals surface area contributed by atoms with E-state index in [0.29, 0.717) is 5.41 Å². The van der Waals surface area contributed by atoms with E-state index in [1.54, 1.807) is 0 Å². The van der Waals surface area contributed by atoms with E-state index in [0.717, 1.165) is 30.9 Å². The van der Waals surface area contributed by atoms with E-state index in [9.17, 15) is 0 Å². The van der Waals surface area contributed by atoms with Gasteiger partial charge in [0.15, 0.2) is 0 Å². The van der Waals surface area contributed by atoms with Gasteiger partial charge in [-0.25, -0.2) is 0 Å². The summed E-state index contributed by atoms with van der Waals surface area (Å²) < 4.78 is 12.3. The highest BCUT2D eigenvalue weighted by molar-refractivity contribution is 9.10. The molecule has 118 valence electrons. The van der Waals surface area contributed by atoms with Crippen LogP contribution >= 0.6 is 15.9 Å². The molecule has 1 saturated heterocycles. The fourth-order valence-corrected chi connectivity index (χ4v) is 2.87. The highest BCUT2D eigenvalue weighted by atomic mass is 79.9. The van der Waals surface area contributed by atoms with Crippen molar-refractivity contribution in [3.05, 3.63) is 34.3 Å². The average Bonchev–Trinajstić information content (AvgIpc) is 2.46. The van der Waals surface area contributed by atoms with Gasteiger partial charge in [-0.1, -0.05) is 47.8 Å². The summed E-state index contributed by atoms with van der Waals surface area (Å²) in [5, 5.41) is 0. The van der Waals surface area contributed by atoms with Gasteiger partial charge >= 0.3 is 0 Å². The van der Waals surface area contributed by atoms with Gasteiger partial charge in [0, 0.05) is 16.5 Å². The molecule has 1 aromatic rings. The van der Waals surface area contributed by atoms with Crippen molar-refractivity contribution in [2.75, 3.05) is 26.4 Å². The number of ether oxygens (including phenoxy) is 2. The molecule has 1 aliphatic heterocycles. The predicted molar refractivity (Wildman–Crippen MR) is 90.7 cm³/mol. The van der Waals surface area contributed by atoms with Crippen molar-refractivity contribution in [1.29, 1.82) is 0 Å². The van der Waals surface area contributed by atoms with Gasteiger partial charge in [0.05, 0.1) is 19.8 Å². The van der Waals surface area contributed by atoms with Crippen LogP contribution < -0.4 is 0 Å². The Morgan fingerprint density at radius 3 is 2.43 bits per heavy atom. The number of hydrogen-bond acceptors (Lipinski definition) is 2. The second-order valence-corrected chi connectivity index (χ2v) is 7.11. The number of halogens is 1.